The van der Waals surface area contributed by atoms with Crippen molar-refractivity contribution in [2.75, 3.05) is 0 Å². The maximum absolute atomic E-state index is 11.8. The second-order valence-corrected chi connectivity index (χ2v) is 4.62. The summed E-state index contributed by atoms with van der Waals surface area (Å²) in [6, 6.07) is 8.57. The first-order chi connectivity index (χ1) is 8.66. The van der Waals surface area contributed by atoms with Crippen LogP contribution in [-0.4, -0.2) is 16.0 Å². The lowest BCUT2D eigenvalue weighted by Gasteiger charge is -2.06. The standard InChI is InChI=1S/C13H11BrN2O2/c14-11-5-10(6-15-8-11)13(18)16-7-9-3-1-2-4-12(9)17/h1-6,8,17H,7H2,(H,16,18). The SMILES string of the molecule is O=C(NCc1ccccc1O)c1cncc(Br)c1. The van der Waals surface area contributed by atoms with Gasteiger partial charge in [-0.05, 0) is 28.1 Å². The zero-order chi connectivity index (χ0) is 13.0. The molecule has 0 unspecified atom stereocenters. The molecule has 0 saturated heterocycles. The van der Waals surface area contributed by atoms with E-state index < -0.39 is 0 Å². The molecule has 2 N–H and O–H groups in total. The van der Waals surface area contributed by atoms with Crippen LogP contribution in [0.1, 0.15) is 15.9 Å². The number of halogens is 1. The molecule has 0 bridgehead atoms. The minimum atomic E-state index is -0.230. The summed E-state index contributed by atoms with van der Waals surface area (Å²) < 4.78 is 0.748. The zero-order valence-corrected chi connectivity index (χ0v) is 11.0. The molecule has 1 aromatic carbocycles. The van der Waals surface area contributed by atoms with Gasteiger partial charge in [-0.1, -0.05) is 18.2 Å². The molecular weight excluding hydrogens is 296 g/mol. The van der Waals surface area contributed by atoms with Crippen LogP contribution in [0.2, 0.25) is 0 Å². The van der Waals surface area contributed by atoms with Gasteiger partial charge in [0.25, 0.3) is 5.91 Å². The van der Waals surface area contributed by atoms with Gasteiger partial charge < -0.3 is 10.4 Å². The highest BCUT2D eigenvalue weighted by molar-refractivity contribution is 9.10. The molecule has 4 nitrogen and oxygen atoms in total. The Balaban J connectivity index is 2.03. The Morgan fingerprint density at radius 1 is 1.33 bits per heavy atom. The first-order valence-corrected chi connectivity index (χ1v) is 6.12. The number of rotatable bonds is 3. The van der Waals surface area contributed by atoms with Crippen molar-refractivity contribution >= 4 is 21.8 Å². The summed E-state index contributed by atoms with van der Waals surface area (Å²) in [4.78, 5) is 15.7. The third kappa shape index (κ3) is 3.07. The van der Waals surface area contributed by atoms with E-state index in [0.29, 0.717) is 11.1 Å². The van der Waals surface area contributed by atoms with Crippen LogP contribution >= 0.6 is 15.9 Å². The van der Waals surface area contributed by atoms with Gasteiger partial charge >= 0.3 is 0 Å². The molecule has 0 saturated carbocycles. The van der Waals surface area contributed by atoms with E-state index in [-0.39, 0.29) is 18.2 Å². The molecule has 1 aromatic heterocycles. The van der Waals surface area contributed by atoms with E-state index in [1.807, 2.05) is 6.07 Å². The Bertz CT molecular complexity index is 572. The van der Waals surface area contributed by atoms with E-state index in [4.69, 9.17) is 0 Å². The Morgan fingerprint density at radius 2 is 2.11 bits per heavy atom. The van der Waals surface area contributed by atoms with Crippen molar-refractivity contribution in [2.24, 2.45) is 0 Å². The lowest BCUT2D eigenvalue weighted by molar-refractivity contribution is 0.0950. The maximum atomic E-state index is 11.8. The molecule has 92 valence electrons. The van der Waals surface area contributed by atoms with Crippen LogP contribution in [0.15, 0.2) is 47.2 Å². The van der Waals surface area contributed by atoms with Crippen molar-refractivity contribution in [3.8, 4) is 5.75 Å². The highest BCUT2D eigenvalue weighted by Crippen LogP contribution is 2.15. The highest BCUT2D eigenvalue weighted by Gasteiger charge is 2.07. The fourth-order valence-electron chi connectivity index (χ4n) is 1.47. The molecule has 1 heterocycles. The number of pyridine rings is 1. The summed E-state index contributed by atoms with van der Waals surface area (Å²) in [7, 11) is 0. The van der Waals surface area contributed by atoms with Gasteiger partial charge in [0.15, 0.2) is 0 Å². The van der Waals surface area contributed by atoms with Gasteiger partial charge in [0.1, 0.15) is 5.75 Å². The van der Waals surface area contributed by atoms with Gasteiger partial charge in [-0.15, -0.1) is 0 Å². The van der Waals surface area contributed by atoms with E-state index in [1.165, 1.54) is 6.20 Å². The maximum Gasteiger partial charge on any atom is 0.253 e. The predicted molar refractivity (Wildman–Crippen MR) is 71.2 cm³/mol. The molecule has 0 radical (unpaired) electrons. The summed E-state index contributed by atoms with van der Waals surface area (Å²) >= 11 is 3.26. The van der Waals surface area contributed by atoms with Gasteiger partial charge in [0.05, 0.1) is 5.56 Å². The number of carbonyl (C=O) groups excluding carboxylic acids is 1. The van der Waals surface area contributed by atoms with E-state index in [1.54, 1.807) is 30.5 Å². The van der Waals surface area contributed by atoms with Crippen molar-refractivity contribution in [1.29, 1.82) is 0 Å². The lowest BCUT2D eigenvalue weighted by atomic mass is 10.2. The molecule has 0 atom stereocenters. The van der Waals surface area contributed by atoms with E-state index >= 15 is 0 Å². The molecule has 0 aliphatic heterocycles. The molecule has 2 rings (SSSR count). The molecule has 2 aromatic rings. The second kappa shape index (κ2) is 5.64. The van der Waals surface area contributed by atoms with Crippen LogP contribution in [0.4, 0.5) is 0 Å². The minimum Gasteiger partial charge on any atom is -0.508 e. The molecule has 0 spiro atoms. The van der Waals surface area contributed by atoms with Crippen LogP contribution in [-0.2, 0) is 6.54 Å². The molecule has 0 fully saturated rings. The van der Waals surface area contributed by atoms with Gasteiger partial charge in [-0.2, -0.15) is 0 Å². The van der Waals surface area contributed by atoms with E-state index in [0.717, 1.165) is 4.47 Å². The summed E-state index contributed by atoms with van der Waals surface area (Å²) in [5.74, 6) is -0.0581. The summed E-state index contributed by atoms with van der Waals surface area (Å²) in [5, 5.41) is 12.3. The lowest BCUT2D eigenvalue weighted by Crippen LogP contribution is -2.22. The molecule has 18 heavy (non-hydrogen) atoms. The number of benzene rings is 1. The number of hydrogen-bond acceptors (Lipinski definition) is 3. The number of amides is 1. The van der Waals surface area contributed by atoms with Crippen LogP contribution in [0, 0.1) is 0 Å². The minimum absolute atomic E-state index is 0.171. The van der Waals surface area contributed by atoms with Crippen molar-refractivity contribution in [3.63, 3.8) is 0 Å². The topological polar surface area (TPSA) is 62.2 Å². The van der Waals surface area contributed by atoms with E-state index in [9.17, 15) is 9.90 Å². The molecule has 0 aliphatic carbocycles. The largest absolute Gasteiger partial charge is 0.508 e. The van der Waals surface area contributed by atoms with Crippen molar-refractivity contribution in [2.45, 2.75) is 6.54 Å². The first-order valence-electron chi connectivity index (χ1n) is 5.32. The monoisotopic (exact) mass is 306 g/mol. The quantitative estimate of drug-likeness (QED) is 0.916. The number of aromatic nitrogens is 1. The summed E-state index contributed by atoms with van der Waals surface area (Å²) in [6.45, 7) is 0.276. The number of phenolic OH excluding ortho intramolecular Hbond substituents is 1. The smallest absolute Gasteiger partial charge is 0.253 e. The van der Waals surface area contributed by atoms with Crippen LogP contribution in [0.25, 0.3) is 0 Å². The van der Waals surface area contributed by atoms with Crippen LogP contribution < -0.4 is 5.32 Å². The van der Waals surface area contributed by atoms with Crippen LogP contribution in [0.3, 0.4) is 0 Å². The summed E-state index contributed by atoms with van der Waals surface area (Å²) in [6.07, 6.45) is 3.10. The second-order valence-electron chi connectivity index (χ2n) is 3.70. The third-order valence-corrected chi connectivity index (χ3v) is 2.83. The average molecular weight is 307 g/mol. The Kier molecular flexibility index (Phi) is 3.94. The number of nitrogens with zero attached hydrogens (tertiary/aromatic N) is 1. The van der Waals surface area contributed by atoms with Gasteiger partial charge in [-0.25, -0.2) is 0 Å². The highest BCUT2D eigenvalue weighted by atomic mass is 79.9. The number of aromatic hydroxyl groups is 1. The Labute approximate surface area is 113 Å². The van der Waals surface area contributed by atoms with Gasteiger partial charge in [0.2, 0.25) is 0 Å². The van der Waals surface area contributed by atoms with Crippen LogP contribution in [0.5, 0.6) is 5.75 Å². The zero-order valence-electron chi connectivity index (χ0n) is 9.43. The predicted octanol–water partition coefficient (Wildman–Crippen LogP) is 2.48. The molecule has 0 aliphatic rings. The summed E-state index contributed by atoms with van der Waals surface area (Å²) in [5.41, 5.74) is 1.15. The molecule has 5 heteroatoms. The normalized spacial score (nSPS) is 10.1. The van der Waals surface area contributed by atoms with Crippen molar-refractivity contribution < 1.29 is 9.90 Å². The number of hydrogen-bond donors (Lipinski definition) is 2. The number of nitrogens with one attached hydrogen (secondary N) is 1. The number of para-hydroxylation sites is 1. The molecular formula is C13H11BrN2O2. The van der Waals surface area contributed by atoms with Gasteiger partial charge in [0, 0.05) is 29.0 Å². The Hall–Kier alpha value is -1.88. The van der Waals surface area contributed by atoms with Crippen molar-refractivity contribution in [3.05, 3.63) is 58.3 Å². The third-order valence-electron chi connectivity index (χ3n) is 2.40. The first kappa shape index (κ1) is 12.6. The average Bonchev–Trinajstić information content (AvgIpc) is 2.37. The number of carbonyl (C=O) groups is 1. The van der Waals surface area contributed by atoms with E-state index in [2.05, 4.69) is 26.2 Å². The fourth-order valence-corrected chi connectivity index (χ4v) is 1.84. The van der Waals surface area contributed by atoms with Crippen molar-refractivity contribution in [1.82, 2.24) is 10.3 Å². The Morgan fingerprint density at radius 3 is 2.83 bits per heavy atom. The van der Waals surface area contributed by atoms with Gasteiger partial charge in [-0.3, -0.25) is 9.78 Å². The fraction of sp³-hybridized carbons (Fsp3) is 0.0769. The molecule has 1 amide bonds. The number of phenols is 1.